The van der Waals surface area contributed by atoms with Gasteiger partial charge in [0.1, 0.15) is 17.4 Å². The van der Waals surface area contributed by atoms with E-state index in [1.165, 1.54) is 18.2 Å². The Morgan fingerprint density at radius 1 is 1.15 bits per heavy atom. The number of benzene rings is 3. The summed E-state index contributed by atoms with van der Waals surface area (Å²) in [5.41, 5.74) is 1.84. The van der Waals surface area contributed by atoms with Crippen LogP contribution >= 0.6 is 72.7 Å². The van der Waals surface area contributed by atoms with Gasteiger partial charge in [0.15, 0.2) is 5.70 Å². The molecule has 3 aromatic rings. The highest BCUT2D eigenvalue weighted by molar-refractivity contribution is 14.1. The van der Waals surface area contributed by atoms with Crippen molar-refractivity contribution in [1.29, 1.82) is 0 Å². The molecule has 34 heavy (non-hydrogen) atoms. The first kappa shape index (κ1) is 25.1. The van der Waals surface area contributed by atoms with Crippen molar-refractivity contribution in [3.05, 3.63) is 104 Å². The molecule has 1 aliphatic rings. The third-order valence-electron chi connectivity index (χ3n) is 4.66. The van der Waals surface area contributed by atoms with Crippen molar-refractivity contribution < 1.29 is 19.2 Å². The number of hydrogen-bond donors (Lipinski definition) is 0. The molecule has 0 saturated heterocycles. The van der Waals surface area contributed by atoms with Crippen molar-refractivity contribution in [2.45, 2.75) is 6.61 Å². The highest BCUT2D eigenvalue weighted by atomic mass is 127. The number of carbonyl (C=O) groups excluding carboxylic acids is 1. The fraction of sp³-hybridized carbons (Fsp3) is 0.0435. The summed E-state index contributed by atoms with van der Waals surface area (Å²) in [6.07, 6.45) is 1.60. The molecule has 1 aliphatic heterocycles. The predicted octanol–water partition coefficient (Wildman–Crippen LogP) is 7.14. The van der Waals surface area contributed by atoms with Crippen molar-refractivity contribution in [2.75, 3.05) is 0 Å². The zero-order valence-corrected chi connectivity index (χ0v) is 23.6. The number of nitro benzene ring substituents is 1. The number of cyclic esters (lactones) is 1. The van der Waals surface area contributed by atoms with E-state index < -0.39 is 10.9 Å². The Balaban J connectivity index is 1.58. The molecule has 0 aromatic heterocycles. The van der Waals surface area contributed by atoms with Crippen LogP contribution < -0.4 is 4.74 Å². The number of hydrogen-bond acceptors (Lipinski definition) is 6. The van der Waals surface area contributed by atoms with Crippen LogP contribution in [0.1, 0.15) is 16.7 Å². The molecule has 3 aromatic carbocycles. The zero-order chi connectivity index (χ0) is 24.4. The molecule has 0 unspecified atom stereocenters. The quantitative estimate of drug-likeness (QED) is 0.0876. The Hall–Kier alpha value is -2.03. The van der Waals surface area contributed by atoms with Crippen molar-refractivity contribution in [3.63, 3.8) is 0 Å². The monoisotopic (exact) mass is 764 g/mol. The molecule has 0 atom stereocenters. The fourth-order valence-electron chi connectivity index (χ4n) is 3.04. The van der Waals surface area contributed by atoms with Gasteiger partial charge in [0.25, 0.3) is 5.69 Å². The summed E-state index contributed by atoms with van der Waals surface area (Å²) in [5, 5.41) is 11.1. The molecule has 0 radical (unpaired) electrons. The van der Waals surface area contributed by atoms with Crippen LogP contribution in [0, 0.1) is 17.3 Å². The number of nitro groups is 1. The van der Waals surface area contributed by atoms with Gasteiger partial charge in [-0.1, -0.05) is 45.7 Å². The van der Waals surface area contributed by atoms with E-state index in [4.69, 9.17) is 21.1 Å². The fourth-order valence-corrected chi connectivity index (χ4v) is 5.76. The maximum absolute atomic E-state index is 12.4. The van der Waals surface area contributed by atoms with Crippen LogP contribution in [-0.2, 0) is 16.1 Å². The molecule has 0 amide bonds. The van der Waals surface area contributed by atoms with Crippen molar-refractivity contribution in [2.24, 2.45) is 4.99 Å². The molecule has 0 bridgehead atoms. The lowest BCUT2D eigenvalue weighted by Gasteiger charge is -2.12. The summed E-state index contributed by atoms with van der Waals surface area (Å²) in [6.45, 7) is 0.404. The van der Waals surface area contributed by atoms with Gasteiger partial charge < -0.3 is 9.47 Å². The molecule has 1 heterocycles. The van der Waals surface area contributed by atoms with Crippen LogP contribution in [0.5, 0.6) is 5.75 Å². The number of carbonyl (C=O) groups is 1. The molecule has 172 valence electrons. The Bertz CT molecular complexity index is 1370. The molecule has 0 N–H and O–H groups in total. The molecule has 0 fully saturated rings. The molecule has 11 heteroatoms. The Morgan fingerprint density at radius 3 is 2.53 bits per heavy atom. The minimum absolute atomic E-state index is 0.0134. The van der Waals surface area contributed by atoms with Crippen molar-refractivity contribution in [1.82, 2.24) is 0 Å². The van der Waals surface area contributed by atoms with Crippen molar-refractivity contribution in [3.8, 4) is 5.75 Å². The summed E-state index contributed by atoms with van der Waals surface area (Å²) in [5.74, 6) is 0.0754. The number of ether oxygens (including phenoxy) is 2. The third-order valence-corrected chi connectivity index (χ3v) is 7.36. The van der Waals surface area contributed by atoms with E-state index >= 15 is 0 Å². The molecule has 0 spiro atoms. The maximum atomic E-state index is 12.4. The molecular weight excluding hydrogens is 753 g/mol. The molecule has 4 rings (SSSR count). The van der Waals surface area contributed by atoms with E-state index in [9.17, 15) is 14.9 Å². The minimum Gasteiger partial charge on any atom is -0.487 e. The molecule has 0 aliphatic carbocycles. The van der Waals surface area contributed by atoms with Gasteiger partial charge in [-0.2, -0.15) is 0 Å². The molecule has 0 saturated carbocycles. The van der Waals surface area contributed by atoms with Gasteiger partial charge in [-0.05, 0) is 87.2 Å². The van der Waals surface area contributed by atoms with E-state index in [0.29, 0.717) is 6.61 Å². The minimum atomic E-state index is -0.646. The van der Waals surface area contributed by atoms with E-state index in [2.05, 4.69) is 66.1 Å². The summed E-state index contributed by atoms with van der Waals surface area (Å²) < 4.78 is 14.0. The first-order valence-electron chi connectivity index (χ1n) is 9.55. The predicted molar refractivity (Wildman–Crippen MR) is 149 cm³/mol. The highest BCUT2D eigenvalue weighted by Gasteiger charge is 2.26. The average Bonchev–Trinajstić information content (AvgIpc) is 3.14. The zero-order valence-electron chi connectivity index (χ0n) is 16.9. The van der Waals surface area contributed by atoms with Gasteiger partial charge in [0.2, 0.25) is 5.90 Å². The topological polar surface area (TPSA) is 91.0 Å². The number of halogens is 4. The van der Waals surface area contributed by atoms with Gasteiger partial charge in [-0.15, -0.1) is 0 Å². The normalized spacial score (nSPS) is 14.2. The first-order valence-corrected chi connectivity index (χ1v) is 12.9. The van der Waals surface area contributed by atoms with E-state index in [0.717, 1.165) is 28.5 Å². The van der Waals surface area contributed by atoms with Gasteiger partial charge in [-0.3, -0.25) is 10.1 Å². The van der Waals surface area contributed by atoms with E-state index in [1.54, 1.807) is 6.08 Å². The Labute approximate surface area is 234 Å². The van der Waals surface area contributed by atoms with E-state index in [1.807, 2.05) is 36.4 Å². The number of nitrogens with zero attached hydrogens (tertiary/aromatic N) is 2. The van der Waals surface area contributed by atoms with Crippen LogP contribution in [0.3, 0.4) is 0 Å². The summed E-state index contributed by atoms with van der Waals surface area (Å²) in [4.78, 5) is 27.1. The lowest BCUT2D eigenvalue weighted by atomic mass is 10.2. The van der Waals surface area contributed by atoms with Crippen LogP contribution in [0.4, 0.5) is 5.69 Å². The second-order valence-corrected chi connectivity index (χ2v) is 10.5. The summed E-state index contributed by atoms with van der Waals surface area (Å²) in [7, 11) is 0. The van der Waals surface area contributed by atoms with Crippen molar-refractivity contribution >= 4 is 96.3 Å². The average molecular weight is 766 g/mol. The van der Waals surface area contributed by atoms with Crippen LogP contribution in [0.25, 0.3) is 6.08 Å². The second-order valence-electron chi connectivity index (χ2n) is 6.95. The number of aliphatic imine (C=N–C) groups is 1. The SMILES string of the molecule is O=C1OC(c2ccc(Cl)c([N+](=O)[O-])c2)=N/C1=C\c1cc(I)c(OCc2ccccc2Br)c(I)c1. The molecule has 7 nitrogen and oxygen atoms in total. The van der Waals surface area contributed by atoms with E-state index in [-0.39, 0.29) is 27.9 Å². The Kier molecular flexibility index (Phi) is 7.90. The molecular formula is C23H12BrClI2N2O5. The lowest BCUT2D eigenvalue weighted by molar-refractivity contribution is -0.384. The van der Waals surface area contributed by atoms with Gasteiger partial charge in [0.05, 0.1) is 12.1 Å². The summed E-state index contributed by atoms with van der Waals surface area (Å²) in [6, 6.07) is 15.7. The maximum Gasteiger partial charge on any atom is 0.363 e. The Morgan fingerprint density at radius 2 is 1.85 bits per heavy atom. The van der Waals surface area contributed by atoms with Gasteiger partial charge in [-0.25, -0.2) is 9.79 Å². The van der Waals surface area contributed by atoms with Gasteiger partial charge in [0, 0.05) is 21.7 Å². The van der Waals surface area contributed by atoms with Gasteiger partial charge >= 0.3 is 5.97 Å². The third kappa shape index (κ3) is 5.61. The number of rotatable bonds is 6. The number of esters is 1. The second kappa shape index (κ2) is 10.7. The smallest absolute Gasteiger partial charge is 0.363 e. The highest BCUT2D eigenvalue weighted by Crippen LogP contribution is 2.32. The van der Waals surface area contributed by atoms with Crippen LogP contribution in [0.2, 0.25) is 5.02 Å². The standard InChI is InChI=1S/C23H12BrClI2N2O5/c24-15-4-2-1-3-14(15)11-33-21-17(26)7-12(8-18(21)27)9-19-23(30)34-22(28-19)13-5-6-16(25)20(10-13)29(31)32/h1-10H,11H2/b19-9-. The summed E-state index contributed by atoms with van der Waals surface area (Å²) >= 11 is 13.7. The van der Waals surface area contributed by atoms with Crippen LogP contribution in [-0.4, -0.2) is 16.8 Å². The van der Waals surface area contributed by atoms with Crippen LogP contribution in [0.15, 0.2) is 69.8 Å². The first-order chi connectivity index (χ1) is 16.2. The largest absolute Gasteiger partial charge is 0.487 e. The lowest BCUT2D eigenvalue weighted by Crippen LogP contribution is -2.06.